The van der Waals surface area contributed by atoms with Crippen LogP contribution in [0, 0.1) is 6.92 Å². The SMILES string of the molecule is Cc1ccc(OCCCCOc2ccc(C(=O)Nc3ccc(Cl)cc3)cc2)cc1. The lowest BCUT2D eigenvalue weighted by molar-refractivity contribution is 0.102. The number of hydrogen-bond donors (Lipinski definition) is 1. The van der Waals surface area contributed by atoms with Crippen LogP contribution in [0.2, 0.25) is 5.02 Å². The molecule has 4 nitrogen and oxygen atoms in total. The van der Waals surface area contributed by atoms with Gasteiger partial charge >= 0.3 is 0 Å². The van der Waals surface area contributed by atoms with Gasteiger partial charge in [-0.3, -0.25) is 4.79 Å². The van der Waals surface area contributed by atoms with Crippen molar-refractivity contribution in [3.05, 3.63) is 88.9 Å². The molecule has 150 valence electrons. The molecule has 0 fully saturated rings. The molecule has 0 unspecified atom stereocenters. The summed E-state index contributed by atoms with van der Waals surface area (Å²) < 4.78 is 11.4. The molecule has 0 radical (unpaired) electrons. The fourth-order valence-electron chi connectivity index (χ4n) is 2.66. The topological polar surface area (TPSA) is 47.6 Å². The minimum Gasteiger partial charge on any atom is -0.494 e. The van der Waals surface area contributed by atoms with Gasteiger partial charge in [0.1, 0.15) is 11.5 Å². The molecule has 29 heavy (non-hydrogen) atoms. The molecular formula is C24H24ClNO3. The predicted octanol–water partition coefficient (Wildman–Crippen LogP) is 6.14. The number of amides is 1. The van der Waals surface area contributed by atoms with Crippen molar-refractivity contribution in [2.75, 3.05) is 18.5 Å². The van der Waals surface area contributed by atoms with Crippen LogP contribution in [-0.2, 0) is 0 Å². The maximum Gasteiger partial charge on any atom is 0.255 e. The Kier molecular flexibility index (Phi) is 7.54. The number of hydrogen-bond acceptors (Lipinski definition) is 3. The van der Waals surface area contributed by atoms with Crippen LogP contribution in [0.4, 0.5) is 5.69 Å². The number of unbranched alkanes of at least 4 members (excludes halogenated alkanes) is 1. The van der Waals surface area contributed by atoms with Crippen molar-refractivity contribution in [3.8, 4) is 11.5 Å². The van der Waals surface area contributed by atoms with Crippen LogP contribution in [0.15, 0.2) is 72.8 Å². The van der Waals surface area contributed by atoms with Gasteiger partial charge in [-0.25, -0.2) is 0 Å². The standard InChI is InChI=1S/C24H24ClNO3/c1-18-4-12-22(13-5-18)28-16-2-3-17-29-23-14-6-19(7-15-23)24(27)26-21-10-8-20(25)9-11-21/h4-15H,2-3,16-17H2,1H3,(H,26,27). The Hall–Kier alpha value is -2.98. The van der Waals surface area contributed by atoms with E-state index in [1.165, 1.54) is 5.56 Å². The highest BCUT2D eigenvalue weighted by molar-refractivity contribution is 6.30. The van der Waals surface area contributed by atoms with Crippen LogP contribution in [0.25, 0.3) is 0 Å². The number of halogens is 1. The molecule has 0 aliphatic heterocycles. The summed E-state index contributed by atoms with van der Waals surface area (Å²) in [5, 5.41) is 3.47. The van der Waals surface area contributed by atoms with E-state index in [1.54, 1.807) is 48.5 Å². The molecule has 0 aromatic heterocycles. The number of carbonyl (C=O) groups excluding carboxylic acids is 1. The Labute approximate surface area is 176 Å². The largest absolute Gasteiger partial charge is 0.494 e. The molecule has 0 bridgehead atoms. The lowest BCUT2D eigenvalue weighted by Crippen LogP contribution is -2.11. The number of rotatable bonds is 9. The van der Waals surface area contributed by atoms with Crippen molar-refractivity contribution in [3.63, 3.8) is 0 Å². The lowest BCUT2D eigenvalue weighted by atomic mass is 10.2. The van der Waals surface area contributed by atoms with Crippen molar-refractivity contribution >= 4 is 23.2 Å². The van der Waals surface area contributed by atoms with Crippen molar-refractivity contribution < 1.29 is 14.3 Å². The molecule has 0 aliphatic rings. The van der Waals surface area contributed by atoms with E-state index in [2.05, 4.69) is 12.2 Å². The van der Waals surface area contributed by atoms with E-state index < -0.39 is 0 Å². The summed E-state index contributed by atoms with van der Waals surface area (Å²) in [7, 11) is 0. The molecule has 0 saturated carbocycles. The average molecular weight is 410 g/mol. The number of ether oxygens (including phenoxy) is 2. The highest BCUT2D eigenvalue weighted by Gasteiger charge is 2.06. The lowest BCUT2D eigenvalue weighted by Gasteiger charge is -2.09. The van der Waals surface area contributed by atoms with Gasteiger partial charge in [0.2, 0.25) is 0 Å². The van der Waals surface area contributed by atoms with Gasteiger partial charge in [-0.05, 0) is 80.4 Å². The third-order valence-corrected chi connectivity index (χ3v) is 4.57. The number of anilines is 1. The van der Waals surface area contributed by atoms with Crippen molar-refractivity contribution in [1.29, 1.82) is 0 Å². The summed E-state index contributed by atoms with van der Waals surface area (Å²) in [4.78, 5) is 12.3. The Bertz CT molecular complexity index is 906. The van der Waals surface area contributed by atoms with E-state index >= 15 is 0 Å². The van der Waals surface area contributed by atoms with Gasteiger partial charge in [0.05, 0.1) is 13.2 Å². The first-order valence-corrected chi connectivity index (χ1v) is 9.97. The summed E-state index contributed by atoms with van der Waals surface area (Å²) >= 11 is 5.85. The van der Waals surface area contributed by atoms with E-state index in [-0.39, 0.29) is 5.91 Å². The molecule has 0 heterocycles. The second-order valence-electron chi connectivity index (χ2n) is 6.70. The first-order valence-electron chi connectivity index (χ1n) is 9.59. The third-order valence-electron chi connectivity index (χ3n) is 4.32. The summed E-state index contributed by atoms with van der Waals surface area (Å²) in [5.41, 5.74) is 2.49. The fraction of sp³-hybridized carbons (Fsp3) is 0.208. The third kappa shape index (κ3) is 6.84. The van der Waals surface area contributed by atoms with Crippen LogP contribution in [0.1, 0.15) is 28.8 Å². The van der Waals surface area contributed by atoms with Crippen molar-refractivity contribution in [1.82, 2.24) is 0 Å². The van der Waals surface area contributed by atoms with Gasteiger partial charge in [0, 0.05) is 16.3 Å². The first kappa shape index (κ1) is 20.7. The number of benzene rings is 3. The van der Waals surface area contributed by atoms with Gasteiger partial charge in [-0.15, -0.1) is 0 Å². The zero-order valence-corrected chi connectivity index (χ0v) is 17.1. The molecule has 3 aromatic carbocycles. The van der Waals surface area contributed by atoms with Crippen LogP contribution in [-0.4, -0.2) is 19.1 Å². The number of nitrogens with one attached hydrogen (secondary N) is 1. The van der Waals surface area contributed by atoms with E-state index in [1.807, 2.05) is 24.3 Å². The Morgan fingerprint density at radius 1 is 0.793 bits per heavy atom. The Morgan fingerprint density at radius 2 is 1.31 bits per heavy atom. The molecule has 1 amide bonds. The van der Waals surface area contributed by atoms with E-state index in [0.717, 1.165) is 24.3 Å². The zero-order chi connectivity index (χ0) is 20.5. The van der Waals surface area contributed by atoms with Crippen LogP contribution in [0.5, 0.6) is 11.5 Å². The molecule has 3 aromatic rings. The molecule has 3 rings (SSSR count). The molecule has 0 spiro atoms. The molecular weight excluding hydrogens is 386 g/mol. The normalized spacial score (nSPS) is 10.4. The zero-order valence-electron chi connectivity index (χ0n) is 16.4. The van der Waals surface area contributed by atoms with Gasteiger partial charge in [-0.1, -0.05) is 29.3 Å². The summed E-state index contributed by atoms with van der Waals surface area (Å²) in [6.07, 6.45) is 1.81. The maximum absolute atomic E-state index is 12.3. The molecule has 1 N–H and O–H groups in total. The Morgan fingerprint density at radius 3 is 1.86 bits per heavy atom. The van der Waals surface area contributed by atoms with Crippen LogP contribution in [0.3, 0.4) is 0 Å². The van der Waals surface area contributed by atoms with Crippen LogP contribution < -0.4 is 14.8 Å². The van der Waals surface area contributed by atoms with Gasteiger partial charge < -0.3 is 14.8 Å². The molecule has 0 atom stereocenters. The summed E-state index contributed by atoms with van der Waals surface area (Å²) in [5.74, 6) is 1.46. The van der Waals surface area contributed by atoms with Crippen molar-refractivity contribution in [2.24, 2.45) is 0 Å². The van der Waals surface area contributed by atoms with Gasteiger partial charge in [-0.2, -0.15) is 0 Å². The summed E-state index contributed by atoms with van der Waals surface area (Å²) in [6, 6.07) is 22.2. The minimum absolute atomic E-state index is 0.174. The predicted molar refractivity (Wildman–Crippen MR) is 117 cm³/mol. The highest BCUT2D eigenvalue weighted by Crippen LogP contribution is 2.17. The van der Waals surface area contributed by atoms with Crippen molar-refractivity contribution in [2.45, 2.75) is 19.8 Å². The average Bonchev–Trinajstić information content (AvgIpc) is 2.74. The van der Waals surface area contributed by atoms with E-state index in [0.29, 0.717) is 29.5 Å². The van der Waals surface area contributed by atoms with Gasteiger partial charge in [0.15, 0.2) is 0 Å². The highest BCUT2D eigenvalue weighted by atomic mass is 35.5. The molecule has 0 aliphatic carbocycles. The number of carbonyl (C=O) groups is 1. The smallest absolute Gasteiger partial charge is 0.255 e. The summed E-state index contributed by atoms with van der Waals surface area (Å²) in [6.45, 7) is 3.32. The Balaban J connectivity index is 1.36. The van der Waals surface area contributed by atoms with E-state index in [4.69, 9.17) is 21.1 Å². The van der Waals surface area contributed by atoms with Crippen LogP contribution >= 0.6 is 11.6 Å². The van der Waals surface area contributed by atoms with E-state index in [9.17, 15) is 4.79 Å². The maximum atomic E-state index is 12.3. The molecule has 0 saturated heterocycles. The fourth-order valence-corrected chi connectivity index (χ4v) is 2.78. The van der Waals surface area contributed by atoms with Gasteiger partial charge in [0.25, 0.3) is 5.91 Å². The molecule has 5 heteroatoms. The number of aryl methyl sites for hydroxylation is 1. The first-order chi connectivity index (χ1) is 14.1. The second-order valence-corrected chi connectivity index (χ2v) is 7.14. The quantitative estimate of drug-likeness (QED) is 0.432. The monoisotopic (exact) mass is 409 g/mol. The minimum atomic E-state index is -0.174. The second kappa shape index (κ2) is 10.5.